The fraction of sp³-hybridized carbons (Fsp3) is 0.105. The summed E-state index contributed by atoms with van der Waals surface area (Å²) in [6.07, 6.45) is 3.10. The van der Waals surface area contributed by atoms with Crippen LogP contribution in [0.15, 0.2) is 60.7 Å². The molecule has 0 aromatic heterocycles. The highest BCUT2D eigenvalue weighted by atomic mass is 32.1. The monoisotopic (exact) mass is 353 g/mol. The largest absolute Gasteiger partial charge is 0.352 e. The van der Waals surface area contributed by atoms with Crippen LogP contribution in [0, 0.1) is 0 Å². The van der Waals surface area contributed by atoms with E-state index in [0.717, 1.165) is 5.56 Å². The van der Waals surface area contributed by atoms with Crippen LogP contribution >= 0.6 is 12.2 Å². The molecule has 0 radical (unpaired) electrons. The fourth-order valence-corrected chi connectivity index (χ4v) is 2.30. The molecule has 0 spiro atoms. The van der Waals surface area contributed by atoms with Gasteiger partial charge in [0.25, 0.3) is 5.91 Å². The number of anilines is 1. The normalized spacial score (nSPS) is 10.3. The molecule has 2 aromatic carbocycles. The van der Waals surface area contributed by atoms with Crippen LogP contribution in [0.4, 0.5) is 5.69 Å². The van der Waals surface area contributed by atoms with Crippen LogP contribution in [0.3, 0.4) is 0 Å². The molecule has 3 N–H and O–H groups in total. The molecular weight excluding hydrogens is 334 g/mol. The first-order chi connectivity index (χ1) is 12.1. The summed E-state index contributed by atoms with van der Waals surface area (Å²) in [5, 5.41) is 8.30. The molecule has 0 saturated carbocycles. The maximum atomic E-state index is 12.0. The standard InChI is InChI=1S/C19H19N3O2S/c1-2-20-18(24)15-10-6-7-11-16(15)21-19(25)22-17(23)13-12-14-8-4-3-5-9-14/h3-13H,2H2,1H3,(H,20,24)(H2,21,22,23,25). The topological polar surface area (TPSA) is 70.2 Å². The Morgan fingerprint density at radius 1 is 1.04 bits per heavy atom. The number of hydrogen-bond donors (Lipinski definition) is 3. The summed E-state index contributed by atoms with van der Waals surface area (Å²) in [5.74, 6) is -0.555. The minimum absolute atomic E-state index is 0.125. The third-order valence-corrected chi connectivity index (χ3v) is 3.42. The fourth-order valence-electron chi connectivity index (χ4n) is 2.09. The lowest BCUT2D eigenvalue weighted by Crippen LogP contribution is -2.34. The van der Waals surface area contributed by atoms with Crippen molar-refractivity contribution in [3.8, 4) is 0 Å². The average Bonchev–Trinajstić information content (AvgIpc) is 2.61. The molecule has 2 amide bonds. The van der Waals surface area contributed by atoms with Gasteiger partial charge in [-0.3, -0.25) is 14.9 Å². The molecule has 25 heavy (non-hydrogen) atoms. The van der Waals surface area contributed by atoms with E-state index in [1.54, 1.807) is 30.3 Å². The van der Waals surface area contributed by atoms with Gasteiger partial charge in [0.2, 0.25) is 5.91 Å². The van der Waals surface area contributed by atoms with Crippen molar-refractivity contribution in [2.45, 2.75) is 6.92 Å². The van der Waals surface area contributed by atoms with Gasteiger partial charge in [-0.15, -0.1) is 0 Å². The van der Waals surface area contributed by atoms with Crippen molar-refractivity contribution in [1.29, 1.82) is 0 Å². The van der Waals surface area contributed by atoms with Gasteiger partial charge in [-0.05, 0) is 42.9 Å². The number of thiocarbonyl (C=S) groups is 1. The number of rotatable bonds is 5. The van der Waals surface area contributed by atoms with Crippen LogP contribution < -0.4 is 16.0 Å². The van der Waals surface area contributed by atoms with E-state index in [2.05, 4.69) is 16.0 Å². The van der Waals surface area contributed by atoms with Crippen LogP contribution in [-0.2, 0) is 4.79 Å². The summed E-state index contributed by atoms with van der Waals surface area (Å²) in [7, 11) is 0. The Kier molecular flexibility index (Phi) is 6.86. The third-order valence-electron chi connectivity index (χ3n) is 3.22. The van der Waals surface area contributed by atoms with E-state index in [9.17, 15) is 9.59 Å². The van der Waals surface area contributed by atoms with Crippen molar-refractivity contribution in [3.05, 3.63) is 71.8 Å². The van der Waals surface area contributed by atoms with E-state index in [1.807, 2.05) is 37.3 Å². The quantitative estimate of drug-likeness (QED) is 0.571. The Balaban J connectivity index is 1.97. The van der Waals surface area contributed by atoms with Gasteiger partial charge >= 0.3 is 0 Å². The van der Waals surface area contributed by atoms with E-state index in [0.29, 0.717) is 17.8 Å². The lowest BCUT2D eigenvalue weighted by atomic mass is 10.1. The predicted molar refractivity (Wildman–Crippen MR) is 104 cm³/mol. The first-order valence-corrected chi connectivity index (χ1v) is 8.23. The molecule has 2 rings (SSSR count). The van der Waals surface area contributed by atoms with Crippen molar-refractivity contribution >= 4 is 40.9 Å². The van der Waals surface area contributed by atoms with Crippen LogP contribution in [-0.4, -0.2) is 23.5 Å². The van der Waals surface area contributed by atoms with Gasteiger partial charge in [0.05, 0.1) is 11.3 Å². The second-order valence-corrected chi connectivity index (χ2v) is 5.50. The van der Waals surface area contributed by atoms with Gasteiger partial charge in [0.1, 0.15) is 0 Å². The Morgan fingerprint density at radius 3 is 2.44 bits per heavy atom. The van der Waals surface area contributed by atoms with E-state index in [-0.39, 0.29) is 16.9 Å². The van der Waals surface area contributed by atoms with Crippen molar-refractivity contribution in [3.63, 3.8) is 0 Å². The van der Waals surface area contributed by atoms with E-state index >= 15 is 0 Å². The minimum Gasteiger partial charge on any atom is -0.352 e. The summed E-state index contributed by atoms with van der Waals surface area (Å²) in [6, 6.07) is 16.4. The molecule has 6 heteroatoms. The molecule has 2 aromatic rings. The van der Waals surface area contributed by atoms with Crippen LogP contribution in [0.2, 0.25) is 0 Å². The zero-order chi connectivity index (χ0) is 18.1. The number of para-hydroxylation sites is 1. The predicted octanol–water partition coefficient (Wildman–Crippen LogP) is 2.96. The molecule has 0 saturated heterocycles. The number of nitrogens with one attached hydrogen (secondary N) is 3. The summed E-state index contributed by atoms with van der Waals surface area (Å²) in [5.41, 5.74) is 1.91. The first-order valence-electron chi connectivity index (χ1n) is 7.82. The molecule has 0 unspecified atom stereocenters. The average molecular weight is 353 g/mol. The Bertz CT molecular complexity index is 788. The van der Waals surface area contributed by atoms with Gasteiger partial charge in [-0.25, -0.2) is 0 Å². The number of carbonyl (C=O) groups excluding carboxylic acids is 2. The third kappa shape index (κ3) is 5.86. The Labute approximate surface area is 152 Å². The van der Waals surface area contributed by atoms with Crippen molar-refractivity contribution in [2.75, 3.05) is 11.9 Å². The minimum atomic E-state index is -0.350. The molecule has 0 bridgehead atoms. The second-order valence-electron chi connectivity index (χ2n) is 5.09. The van der Waals surface area contributed by atoms with Gasteiger partial charge in [-0.1, -0.05) is 42.5 Å². The second kappa shape index (κ2) is 9.34. The van der Waals surface area contributed by atoms with Crippen molar-refractivity contribution < 1.29 is 9.59 Å². The first kappa shape index (κ1) is 18.4. The van der Waals surface area contributed by atoms with Gasteiger partial charge in [-0.2, -0.15) is 0 Å². The van der Waals surface area contributed by atoms with E-state index in [4.69, 9.17) is 12.2 Å². The maximum Gasteiger partial charge on any atom is 0.253 e. The molecule has 5 nitrogen and oxygen atoms in total. The van der Waals surface area contributed by atoms with Crippen LogP contribution in [0.25, 0.3) is 6.08 Å². The SMILES string of the molecule is CCNC(=O)c1ccccc1NC(=S)NC(=O)C=Cc1ccccc1. The molecule has 0 aliphatic heterocycles. The van der Waals surface area contributed by atoms with Crippen molar-refractivity contribution in [2.24, 2.45) is 0 Å². The van der Waals surface area contributed by atoms with E-state index < -0.39 is 0 Å². The number of hydrogen-bond acceptors (Lipinski definition) is 3. The summed E-state index contributed by atoms with van der Waals surface area (Å²) >= 11 is 5.15. The number of amides is 2. The van der Waals surface area contributed by atoms with Crippen LogP contribution in [0.5, 0.6) is 0 Å². The van der Waals surface area contributed by atoms with Gasteiger partial charge in [0.15, 0.2) is 5.11 Å². The molecular formula is C19H19N3O2S. The highest BCUT2D eigenvalue weighted by Gasteiger charge is 2.11. The maximum absolute atomic E-state index is 12.0. The molecule has 0 heterocycles. The number of benzene rings is 2. The highest BCUT2D eigenvalue weighted by Crippen LogP contribution is 2.14. The van der Waals surface area contributed by atoms with Gasteiger partial charge < -0.3 is 10.6 Å². The van der Waals surface area contributed by atoms with Crippen molar-refractivity contribution in [1.82, 2.24) is 10.6 Å². The molecule has 128 valence electrons. The zero-order valence-electron chi connectivity index (χ0n) is 13.8. The van der Waals surface area contributed by atoms with Gasteiger partial charge in [0, 0.05) is 12.6 Å². The zero-order valence-corrected chi connectivity index (χ0v) is 14.6. The Hall–Kier alpha value is -2.99. The molecule has 0 atom stereocenters. The smallest absolute Gasteiger partial charge is 0.253 e. The lowest BCUT2D eigenvalue weighted by Gasteiger charge is -2.12. The lowest BCUT2D eigenvalue weighted by molar-refractivity contribution is -0.115. The summed E-state index contributed by atoms with van der Waals surface area (Å²) in [4.78, 5) is 24.0. The highest BCUT2D eigenvalue weighted by molar-refractivity contribution is 7.80. The van der Waals surface area contributed by atoms with Crippen LogP contribution in [0.1, 0.15) is 22.8 Å². The Morgan fingerprint density at radius 2 is 1.72 bits per heavy atom. The number of carbonyl (C=O) groups is 2. The summed E-state index contributed by atoms with van der Waals surface area (Å²) in [6.45, 7) is 2.37. The summed E-state index contributed by atoms with van der Waals surface area (Å²) < 4.78 is 0. The van der Waals surface area contributed by atoms with E-state index in [1.165, 1.54) is 6.08 Å². The molecule has 0 aliphatic rings. The molecule has 0 aliphatic carbocycles. The molecule has 0 fully saturated rings.